The lowest BCUT2D eigenvalue weighted by Crippen LogP contribution is -2.36. The lowest BCUT2D eigenvalue weighted by Gasteiger charge is -2.24. The van der Waals surface area contributed by atoms with Gasteiger partial charge in [0.25, 0.3) is 0 Å². The quantitative estimate of drug-likeness (QED) is 0.776. The maximum Gasteiger partial charge on any atom is 0.163 e. The predicted octanol–water partition coefficient (Wildman–Crippen LogP) is 1.31. The standard InChI is InChI=1S/C11H22O4/c1-10(2,3)13-6-8(12)9-7-14-11(4,5)15-9/h8-9,12H,6-7H2,1-5H3/t8-,9-/m0/s1. The van der Waals surface area contributed by atoms with Gasteiger partial charge < -0.3 is 19.3 Å². The third-order valence-electron chi connectivity index (χ3n) is 2.15. The number of rotatable bonds is 3. The summed E-state index contributed by atoms with van der Waals surface area (Å²) in [6, 6.07) is 0. The fourth-order valence-electron chi connectivity index (χ4n) is 1.35. The van der Waals surface area contributed by atoms with E-state index in [1.165, 1.54) is 0 Å². The Labute approximate surface area is 91.5 Å². The van der Waals surface area contributed by atoms with Gasteiger partial charge in [0.2, 0.25) is 0 Å². The van der Waals surface area contributed by atoms with Crippen molar-refractivity contribution >= 4 is 0 Å². The second-order valence-corrected chi connectivity index (χ2v) is 5.36. The van der Waals surface area contributed by atoms with Gasteiger partial charge >= 0.3 is 0 Å². The van der Waals surface area contributed by atoms with E-state index in [0.717, 1.165) is 0 Å². The Hall–Kier alpha value is -0.160. The Balaban J connectivity index is 2.33. The van der Waals surface area contributed by atoms with Gasteiger partial charge in [-0.25, -0.2) is 0 Å². The van der Waals surface area contributed by atoms with Crippen LogP contribution in [-0.2, 0) is 14.2 Å². The molecule has 4 heteroatoms. The van der Waals surface area contributed by atoms with Crippen molar-refractivity contribution in [2.45, 2.75) is 58.2 Å². The van der Waals surface area contributed by atoms with E-state index in [1.807, 2.05) is 34.6 Å². The van der Waals surface area contributed by atoms with Crippen LogP contribution in [-0.4, -0.2) is 41.9 Å². The van der Waals surface area contributed by atoms with Gasteiger partial charge in [0.05, 0.1) is 18.8 Å². The fraction of sp³-hybridized carbons (Fsp3) is 1.00. The van der Waals surface area contributed by atoms with Crippen LogP contribution < -0.4 is 0 Å². The first kappa shape index (κ1) is 12.9. The smallest absolute Gasteiger partial charge is 0.163 e. The monoisotopic (exact) mass is 218 g/mol. The van der Waals surface area contributed by atoms with Crippen molar-refractivity contribution in [2.75, 3.05) is 13.2 Å². The van der Waals surface area contributed by atoms with Crippen LogP contribution >= 0.6 is 0 Å². The molecular formula is C11H22O4. The molecule has 0 amide bonds. The van der Waals surface area contributed by atoms with Crippen LogP contribution in [0.2, 0.25) is 0 Å². The molecular weight excluding hydrogens is 196 g/mol. The topological polar surface area (TPSA) is 47.9 Å². The molecule has 1 heterocycles. The molecule has 1 fully saturated rings. The molecule has 4 nitrogen and oxygen atoms in total. The Kier molecular flexibility index (Phi) is 3.76. The normalized spacial score (nSPS) is 28.0. The highest BCUT2D eigenvalue weighted by atomic mass is 16.7. The number of hydrogen-bond acceptors (Lipinski definition) is 4. The van der Waals surface area contributed by atoms with Gasteiger partial charge in [-0.15, -0.1) is 0 Å². The van der Waals surface area contributed by atoms with Crippen LogP contribution in [0.5, 0.6) is 0 Å². The maximum atomic E-state index is 9.81. The van der Waals surface area contributed by atoms with Crippen molar-refractivity contribution in [2.24, 2.45) is 0 Å². The van der Waals surface area contributed by atoms with E-state index in [1.54, 1.807) is 0 Å². The van der Waals surface area contributed by atoms with E-state index in [9.17, 15) is 5.11 Å². The Morgan fingerprint density at radius 1 is 1.47 bits per heavy atom. The molecule has 0 spiro atoms. The van der Waals surface area contributed by atoms with Gasteiger partial charge in [-0.05, 0) is 34.6 Å². The molecule has 0 radical (unpaired) electrons. The van der Waals surface area contributed by atoms with Crippen molar-refractivity contribution in [3.63, 3.8) is 0 Å². The third-order valence-corrected chi connectivity index (χ3v) is 2.15. The Bertz CT molecular complexity index is 207. The first-order valence-electron chi connectivity index (χ1n) is 5.33. The summed E-state index contributed by atoms with van der Waals surface area (Å²) in [5, 5.41) is 9.81. The third kappa shape index (κ3) is 4.47. The van der Waals surface area contributed by atoms with Crippen LogP contribution in [0.4, 0.5) is 0 Å². The van der Waals surface area contributed by atoms with Gasteiger partial charge in [0.1, 0.15) is 12.2 Å². The summed E-state index contributed by atoms with van der Waals surface area (Å²) < 4.78 is 16.4. The molecule has 15 heavy (non-hydrogen) atoms. The molecule has 1 N–H and O–H groups in total. The average Bonchev–Trinajstić information content (AvgIpc) is 2.40. The van der Waals surface area contributed by atoms with E-state index in [2.05, 4.69) is 0 Å². The van der Waals surface area contributed by atoms with Crippen molar-refractivity contribution in [3.05, 3.63) is 0 Å². The second kappa shape index (κ2) is 4.37. The van der Waals surface area contributed by atoms with Crippen molar-refractivity contribution in [1.29, 1.82) is 0 Å². The Morgan fingerprint density at radius 2 is 2.07 bits per heavy atom. The number of aliphatic hydroxyl groups is 1. The zero-order valence-electron chi connectivity index (χ0n) is 10.2. The summed E-state index contributed by atoms with van der Waals surface area (Å²) in [7, 11) is 0. The molecule has 0 aromatic carbocycles. The van der Waals surface area contributed by atoms with Crippen LogP contribution in [0.25, 0.3) is 0 Å². The Morgan fingerprint density at radius 3 is 2.47 bits per heavy atom. The van der Waals surface area contributed by atoms with Crippen LogP contribution in [0.1, 0.15) is 34.6 Å². The zero-order chi connectivity index (χ0) is 11.7. The SMILES string of the molecule is CC(C)(C)OC[C@H](O)[C@@H]1COC(C)(C)O1. The van der Waals surface area contributed by atoms with Gasteiger partial charge in [-0.3, -0.25) is 0 Å². The minimum atomic E-state index is -0.633. The van der Waals surface area contributed by atoms with Crippen molar-refractivity contribution < 1.29 is 19.3 Å². The molecule has 0 aromatic heterocycles. The van der Waals surface area contributed by atoms with Gasteiger partial charge in [-0.1, -0.05) is 0 Å². The summed E-state index contributed by atoms with van der Waals surface area (Å²) in [5.74, 6) is -0.590. The summed E-state index contributed by atoms with van der Waals surface area (Å²) in [6.45, 7) is 10.2. The van der Waals surface area contributed by atoms with Crippen LogP contribution in [0, 0.1) is 0 Å². The highest BCUT2D eigenvalue weighted by Gasteiger charge is 2.37. The summed E-state index contributed by atoms with van der Waals surface area (Å²) in [5.41, 5.74) is -0.240. The van der Waals surface area contributed by atoms with Crippen LogP contribution in [0.3, 0.4) is 0 Å². The summed E-state index contributed by atoms with van der Waals surface area (Å²) >= 11 is 0. The highest BCUT2D eigenvalue weighted by molar-refractivity contribution is 4.78. The van der Waals surface area contributed by atoms with Crippen molar-refractivity contribution in [1.82, 2.24) is 0 Å². The summed E-state index contributed by atoms with van der Waals surface area (Å²) in [6.07, 6.45) is -0.923. The molecule has 0 bridgehead atoms. The predicted molar refractivity (Wildman–Crippen MR) is 56.6 cm³/mol. The van der Waals surface area contributed by atoms with E-state index in [0.29, 0.717) is 6.61 Å². The molecule has 1 aliphatic heterocycles. The van der Waals surface area contributed by atoms with Gasteiger partial charge in [-0.2, -0.15) is 0 Å². The fourth-order valence-corrected chi connectivity index (χ4v) is 1.35. The van der Waals surface area contributed by atoms with Gasteiger partial charge in [0.15, 0.2) is 5.79 Å². The maximum absolute atomic E-state index is 9.81. The number of hydrogen-bond donors (Lipinski definition) is 1. The molecule has 0 unspecified atom stereocenters. The lowest BCUT2D eigenvalue weighted by molar-refractivity contribution is -0.160. The number of aliphatic hydroxyl groups excluding tert-OH is 1. The second-order valence-electron chi connectivity index (χ2n) is 5.36. The largest absolute Gasteiger partial charge is 0.388 e. The first-order chi connectivity index (χ1) is 6.70. The molecule has 1 aliphatic rings. The molecule has 0 aliphatic carbocycles. The van der Waals surface area contributed by atoms with Crippen molar-refractivity contribution in [3.8, 4) is 0 Å². The van der Waals surface area contributed by atoms with E-state index >= 15 is 0 Å². The average molecular weight is 218 g/mol. The molecule has 0 saturated carbocycles. The molecule has 90 valence electrons. The van der Waals surface area contributed by atoms with E-state index < -0.39 is 11.9 Å². The summed E-state index contributed by atoms with van der Waals surface area (Å²) in [4.78, 5) is 0. The minimum Gasteiger partial charge on any atom is -0.388 e. The molecule has 2 atom stereocenters. The molecule has 1 rings (SSSR count). The zero-order valence-corrected chi connectivity index (χ0v) is 10.2. The molecule has 0 aromatic rings. The first-order valence-corrected chi connectivity index (χ1v) is 5.33. The number of ether oxygens (including phenoxy) is 3. The van der Waals surface area contributed by atoms with Gasteiger partial charge in [0, 0.05) is 0 Å². The molecule has 1 saturated heterocycles. The lowest BCUT2D eigenvalue weighted by atomic mass is 10.2. The highest BCUT2D eigenvalue weighted by Crippen LogP contribution is 2.24. The van der Waals surface area contributed by atoms with E-state index in [4.69, 9.17) is 14.2 Å². The minimum absolute atomic E-state index is 0.240. The van der Waals surface area contributed by atoms with E-state index in [-0.39, 0.29) is 18.3 Å². The van der Waals surface area contributed by atoms with Crippen LogP contribution in [0.15, 0.2) is 0 Å².